The third-order valence-electron chi connectivity index (χ3n) is 3.73. The Balaban J connectivity index is 1.61. The Bertz CT molecular complexity index is 667. The molecular weight excluding hydrogens is 292 g/mol. The normalized spacial score (nSPS) is 14.6. The monoisotopic (exact) mass is 312 g/mol. The topological polar surface area (TPSA) is 67.4 Å². The first kappa shape index (κ1) is 15.4. The van der Waals surface area contributed by atoms with E-state index in [9.17, 15) is 4.79 Å². The van der Waals surface area contributed by atoms with Crippen molar-refractivity contribution in [3.05, 3.63) is 53.5 Å². The van der Waals surface area contributed by atoms with Crippen LogP contribution in [0.5, 0.6) is 0 Å². The lowest BCUT2D eigenvalue weighted by molar-refractivity contribution is 0.0950. The van der Waals surface area contributed by atoms with Crippen LogP contribution in [-0.2, 0) is 11.3 Å². The Kier molecular flexibility index (Phi) is 4.83. The molecule has 6 heteroatoms. The zero-order valence-corrected chi connectivity index (χ0v) is 13.2. The predicted molar refractivity (Wildman–Crippen MR) is 87.4 cm³/mol. The highest BCUT2D eigenvalue weighted by molar-refractivity contribution is 5.93. The van der Waals surface area contributed by atoms with Crippen molar-refractivity contribution in [2.24, 2.45) is 0 Å². The van der Waals surface area contributed by atoms with Gasteiger partial charge in [0.25, 0.3) is 5.91 Å². The highest BCUT2D eigenvalue weighted by Crippen LogP contribution is 2.13. The lowest BCUT2D eigenvalue weighted by Gasteiger charge is -2.28. The van der Waals surface area contributed by atoms with E-state index in [0.29, 0.717) is 12.1 Å². The first-order valence-electron chi connectivity index (χ1n) is 7.72. The molecule has 1 aliphatic heterocycles. The first-order chi connectivity index (χ1) is 11.2. The Morgan fingerprint density at radius 1 is 1.26 bits per heavy atom. The molecule has 6 nitrogen and oxygen atoms in total. The van der Waals surface area contributed by atoms with Crippen LogP contribution >= 0.6 is 0 Å². The molecule has 1 N–H and O–H groups in total. The standard InChI is InChI=1S/C17H20N4O2/c1-13-5-6-14(11-18-13)17(22)19-12-15-3-2-4-16(20-15)21-7-9-23-10-8-21/h2-6,11H,7-10,12H2,1H3,(H,19,22). The number of carbonyl (C=O) groups is 1. The fourth-order valence-corrected chi connectivity index (χ4v) is 2.41. The van der Waals surface area contributed by atoms with Gasteiger partial charge in [-0.1, -0.05) is 6.07 Å². The van der Waals surface area contributed by atoms with E-state index in [1.807, 2.05) is 31.2 Å². The van der Waals surface area contributed by atoms with Crippen LogP contribution in [0.2, 0.25) is 0 Å². The zero-order chi connectivity index (χ0) is 16.1. The van der Waals surface area contributed by atoms with E-state index >= 15 is 0 Å². The van der Waals surface area contributed by atoms with Crippen molar-refractivity contribution in [1.29, 1.82) is 0 Å². The summed E-state index contributed by atoms with van der Waals surface area (Å²) in [5.41, 5.74) is 2.28. The third kappa shape index (κ3) is 4.04. The molecule has 1 amide bonds. The fraction of sp³-hybridized carbons (Fsp3) is 0.353. The highest BCUT2D eigenvalue weighted by atomic mass is 16.5. The Labute approximate surface area is 135 Å². The number of carbonyl (C=O) groups excluding carboxylic acids is 1. The maximum Gasteiger partial charge on any atom is 0.253 e. The second-order valence-corrected chi connectivity index (χ2v) is 5.46. The number of pyridine rings is 2. The Morgan fingerprint density at radius 2 is 2.09 bits per heavy atom. The second-order valence-electron chi connectivity index (χ2n) is 5.46. The largest absolute Gasteiger partial charge is 0.378 e. The van der Waals surface area contributed by atoms with Crippen molar-refractivity contribution in [2.45, 2.75) is 13.5 Å². The number of nitrogens with one attached hydrogen (secondary N) is 1. The van der Waals surface area contributed by atoms with Gasteiger partial charge in [-0.2, -0.15) is 0 Å². The van der Waals surface area contributed by atoms with E-state index in [0.717, 1.165) is 43.5 Å². The van der Waals surface area contributed by atoms with Gasteiger partial charge in [-0.25, -0.2) is 4.98 Å². The summed E-state index contributed by atoms with van der Waals surface area (Å²) in [6.07, 6.45) is 1.59. The van der Waals surface area contributed by atoms with Crippen molar-refractivity contribution in [1.82, 2.24) is 15.3 Å². The van der Waals surface area contributed by atoms with Crippen molar-refractivity contribution in [3.63, 3.8) is 0 Å². The van der Waals surface area contributed by atoms with Crippen LogP contribution in [0.15, 0.2) is 36.5 Å². The van der Waals surface area contributed by atoms with Crippen molar-refractivity contribution in [3.8, 4) is 0 Å². The molecule has 3 heterocycles. The molecule has 120 valence electrons. The molecule has 1 saturated heterocycles. The average molecular weight is 312 g/mol. The summed E-state index contributed by atoms with van der Waals surface area (Å²) in [5.74, 6) is 0.785. The molecule has 0 radical (unpaired) electrons. The van der Waals surface area contributed by atoms with E-state index in [2.05, 4.69) is 20.2 Å². The van der Waals surface area contributed by atoms with Gasteiger partial charge in [0, 0.05) is 25.0 Å². The number of hydrogen-bond acceptors (Lipinski definition) is 5. The minimum atomic E-state index is -0.143. The van der Waals surface area contributed by atoms with Crippen LogP contribution in [-0.4, -0.2) is 42.2 Å². The molecule has 0 bridgehead atoms. The minimum Gasteiger partial charge on any atom is -0.378 e. The van der Waals surface area contributed by atoms with Gasteiger partial charge in [-0.15, -0.1) is 0 Å². The van der Waals surface area contributed by atoms with E-state index in [1.54, 1.807) is 12.3 Å². The molecule has 0 unspecified atom stereocenters. The lowest BCUT2D eigenvalue weighted by atomic mass is 10.2. The van der Waals surface area contributed by atoms with E-state index < -0.39 is 0 Å². The molecule has 1 fully saturated rings. The van der Waals surface area contributed by atoms with Crippen LogP contribution < -0.4 is 10.2 Å². The van der Waals surface area contributed by atoms with Gasteiger partial charge in [0.2, 0.25) is 0 Å². The summed E-state index contributed by atoms with van der Waals surface area (Å²) >= 11 is 0. The van der Waals surface area contributed by atoms with Crippen LogP contribution in [0.1, 0.15) is 21.7 Å². The molecule has 2 aromatic rings. The quantitative estimate of drug-likeness (QED) is 0.928. The summed E-state index contributed by atoms with van der Waals surface area (Å²) in [5, 5.41) is 2.88. The van der Waals surface area contributed by atoms with Gasteiger partial charge >= 0.3 is 0 Å². The second kappa shape index (κ2) is 7.19. The molecule has 23 heavy (non-hydrogen) atoms. The van der Waals surface area contributed by atoms with Crippen LogP contribution in [0.3, 0.4) is 0 Å². The third-order valence-corrected chi connectivity index (χ3v) is 3.73. The summed E-state index contributed by atoms with van der Waals surface area (Å²) in [6, 6.07) is 9.46. The fourth-order valence-electron chi connectivity index (χ4n) is 2.41. The van der Waals surface area contributed by atoms with E-state index in [-0.39, 0.29) is 5.91 Å². The van der Waals surface area contributed by atoms with Crippen LogP contribution in [0.4, 0.5) is 5.82 Å². The molecule has 0 aromatic carbocycles. The number of anilines is 1. The molecule has 2 aromatic heterocycles. The van der Waals surface area contributed by atoms with Gasteiger partial charge in [0.15, 0.2) is 0 Å². The number of nitrogens with zero attached hydrogens (tertiary/aromatic N) is 3. The number of aryl methyl sites for hydroxylation is 1. The smallest absolute Gasteiger partial charge is 0.253 e. The van der Waals surface area contributed by atoms with Crippen molar-refractivity contribution >= 4 is 11.7 Å². The number of aromatic nitrogens is 2. The maximum absolute atomic E-state index is 12.1. The van der Waals surface area contributed by atoms with Gasteiger partial charge < -0.3 is 15.0 Å². The van der Waals surface area contributed by atoms with E-state index in [1.165, 1.54) is 0 Å². The average Bonchev–Trinajstić information content (AvgIpc) is 2.61. The molecule has 3 rings (SSSR count). The maximum atomic E-state index is 12.1. The van der Waals surface area contributed by atoms with Crippen LogP contribution in [0, 0.1) is 6.92 Å². The Morgan fingerprint density at radius 3 is 2.83 bits per heavy atom. The summed E-state index contributed by atoms with van der Waals surface area (Å²) in [6.45, 7) is 5.43. The van der Waals surface area contributed by atoms with Gasteiger partial charge in [0.1, 0.15) is 5.82 Å². The number of morpholine rings is 1. The van der Waals surface area contributed by atoms with Crippen molar-refractivity contribution < 1.29 is 9.53 Å². The first-order valence-corrected chi connectivity index (χ1v) is 7.72. The van der Waals surface area contributed by atoms with Gasteiger partial charge in [0.05, 0.1) is 31.0 Å². The number of ether oxygens (including phenoxy) is 1. The number of amides is 1. The summed E-state index contributed by atoms with van der Waals surface area (Å²) < 4.78 is 5.36. The van der Waals surface area contributed by atoms with Gasteiger partial charge in [-0.3, -0.25) is 9.78 Å². The molecular formula is C17H20N4O2. The molecule has 0 saturated carbocycles. The summed E-state index contributed by atoms with van der Waals surface area (Å²) in [4.78, 5) is 23.1. The minimum absolute atomic E-state index is 0.143. The SMILES string of the molecule is Cc1ccc(C(=O)NCc2cccc(N3CCOCC3)n2)cn1. The van der Waals surface area contributed by atoms with Gasteiger partial charge in [-0.05, 0) is 31.2 Å². The summed E-state index contributed by atoms with van der Waals surface area (Å²) in [7, 11) is 0. The van der Waals surface area contributed by atoms with E-state index in [4.69, 9.17) is 4.74 Å². The zero-order valence-electron chi connectivity index (χ0n) is 13.2. The van der Waals surface area contributed by atoms with Crippen LogP contribution in [0.25, 0.3) is 0 Å². The Hall–Kier alpha value is -2.47. The molecule has 0 atom stereocenters. The highest BCUT2D eigenvalue weighted by Gasteiger charge is 2.13. The van der Waals surface area contributed by atoms with Crippen molar-refractivity contribution in [2.75, 3.05) is 31.2 Å². The molecule has 0 aliphatic carbocycles. The number of rotatable bonds is 4. The molecule has 0 spiro atoms. The molecule has 1 aliphatic rings. The predicted octanol–water partition coefficient (Wildman–Crippen LogP) is 1.55. The lowest BCUT2D eigenvalue weighted by Crippen LogP contribution is -2.37. The number of hydrogen-bond donors (Lipinski definition) is 1.